The Kier molecular flexibility index (Phi) is 10.1. The van der Waals surface area contributed by atoms with Crippen LogP contribution in [0, 0.1) is 6.92 Å². The molecule has 1 atom stereocenters. The summed E-state index contributed by atoms with van der Waals surface area (Å²) in [5.41, 5.74) is 1.20. The van der Waals surface area contributed by atoms with Crippen molar-refractivity contribution in [3.05, 3.63) is 76.1 Å². The second kappa shape index (κ2) is 13.5. The molecule has 3 aromatic rings. The number of fused-ring (bicyclic) bond motifs is 1. The summed E-state index contributed by atoms with van der Waals surface area (Å²) in [6.45, 7) is 7.51. The highest BCUT2D eigenvalue weighted by molar-refractivity contribution is 5.98. The molecular formula is C29H35N3O7. The van der Waals surface area contributed by atoms with Crippen LogP contribution < -0.4 is 21.6 Å². The quantitative estimate of drug-likeness (QED) is 0.244. The lowest BCUT2D eigenvalue weighted by Gasteiger charge is -2.23. The standard InChI is InChI=1S/C29H35N3O7/c1-19-16-25(33)38-24-17-21(13-14-22(19)24)31-26(34)23(32-28(36)39-29(2,3)4)12-8-9-15-30-27(35)37-18-20-10-6-5-7-11-20/h5-7,10-11,13-14,16-17,23H,8-9,12,15,18H2,1-4H3,(H,30,35)(H,31,34)(H,32,36)/t23-/m0/s1. The van der Waals surface area contributed by atoms with E-state index in [1.54, 1.807) is 45.9 Å². The number of anilines is 1. The Bertz CT molecular complexity index is 1350. The molecule has 0 aliphatic rings. The van der Waals surface area contributed by atoms with Crippen molar-refractivity contribution in [2.75, 3.05) is 11.9 Å². The Hall–Kier alpha value is -4.34. The third-order valence-corrected chi connectivity index (χ3v) is 5.63. The molecule has 0 radical (unpaired) electrons. The number of aryl methyl sites for hydroxylation is 1. The molecule has 1 aromatic heterocycles. The van der Waals surface area contributed by atoms with Crippen molar-refractivity contribution in [1.82, 2.24) is 10.6 Å². The summed E-state index contributed by atoms with van der Waals surface area (Å²) in [6, 6.07) is 14.9. The minimum absolute atomic E-state index is 0.173. The fourth-order valence-corrected chi connectivity index (χ4v) is 3.79. The van der Waals surface area contributed by atoms with E-state index in [1.807, 2.05) is 30.3 Å². The van der Waals surface area contributed by atoms with Gasteiger partial charge in [0.1, 0.15) is 23.8 Å². The molecule has 3 amide bonds. The Morgan fingerprint density at radius 1 is 0.974 bits per heavy atom. The zero-order chi connectivity index (χ0) is 28.4. The first-order chi connectivity index (χ1) is 18.5. The highest BCUT2D eigenvalue weighted by Crippen LogP contribution is 2.21. The van der Waals surface area contributed by atoms with E-state index >= 15 is 0 Å². The van der Waals surface area contributed by atoms with Gasteiger partial charge in [-0.05, 0) is 70.2 Å². The van der Waals surface area contributed by atoms with Crippen LogP contribution >= 0.6 is 0 Å². The van der Waals surface area contributed by atoms with E-state index in [-0.39, 0.29) is 6.61 Å². The van der Waals surface area contributed by atoms with Gasteiger partial charge in [-0.2, -0.15) is 0 Å². The van der Waals surface area contributed by atoms with Gasteiger partial charge < -0.3 is 29.8 Å². The predicted octanol–water partition coefficient (Wildman–Crippen LogP) is 5.03. The molecule has 1 heterocycles. The van der Waals surface area contributed by atoms with E-state index in [9.17, 15) is 19.2 Å². The average molecular weight is 538 g/mol. The maximum absolute atomic E-state index is 13.1. The fourth-order valence-electron chi connectivity index (χ4n) is 3.79. The molecule has 0 spiro atoms. The fraction of sp³-hybridized carbons (Fsp3) is 0.379. The van der Waals surface area contributed by atoms with Gasteiger partial charge in [0.15, 0.2) is 0 Å². The van der Waals surface area contributed by atoms with Crippen LogP contribution in [0.4, 0.5) is 15.3 Å². The number of benzene rings is 2. The van der Waals surface area contributed by atoms with Gasteiger partial charge in [0, 0.05) is 29.8 Å². The van der Waals surface area contributed by atoms with Crippen molar-refractivity contribution in [2.45, 2.75) is 65.2 Å². The first-order valence-corrected chi connectivity index (χ1v) is 12.8. The maximum Gasteiger partial charge on any atom is 0.408 e. The number of carbonyl (C=O) groups is 3. The van der Waals surface area contributed by atoms with Crippen LogP contribution in [0.3, 0.4) is 0 Å². The van der Waals surface area contributed by atoms with Crippen molar-refractivity contribution in [3.63, 3.8) is 0 Å². The SMILES string of the molecule is Cc1cc(=O)oc2cc(NC(=O)[C@H](CCCCNC(=O)OCc3ccccc3)NC(=O)OC(C)(C)C)ccc12. The molecule has 0 aliphatic heterocycles. The Labute approximate surface area is 227 Å². The summed E-state index contributed by atoms with van der Waals surface area (Å²) in [5.74, 6) is -0.453. The van der Waals surface area contributed by atoms with E-state index < -0.39 is 35.4 Å². The van der Waals surface area contributed by atoms with Gasteiger partial charge in [0.05, 0.1) is 0 Å². The second-order valence-corrected chi connectivity index (χ2v) is 10.1. The van der Waals surface area contributed by atoms with Crippen molar-refractivity contribution in [3.8, 4) is 0 Å². The lowest BCUT2D eigenvalue weighted by atomic mass is 10.1. The molecule has 3 rings (SSSR count). The summed E-state index contributed by atoms with van der Waals surface area (Å²) >= 11 is 0. The monoisotopic (exact) mass is 537 g/mol. The third-order valence-electron chi connectivity index (χ3n) is 5.63. The van der Waals surface area contributed by atoms with Crippen molar-refractivity contribution in [1.29, 1.82) is 0 Å². The van der Waals surface area contributed by atoms with Crippen LogP contribution in [0.1, 0.15) is 51.2 Å². The van der Waals surface area contributed by atoms with Gasteiger partial charge >= 0.3 is 17.8 Å². The summed E-state index contributed by atoms with van der Waals surface area (Å²) < 4.78 is 15.8. The summed E-state index contributed by atoms with van der Waals surface area (Å²) in [4.78, 5) is 49.2. The third kappa shape index (κ3) is 9.81. The molecule has 0 fully saturated rings. The lowest BCUT2D eigenvalue weighted by Crippen LogP contribution is -2.45. The van der Waals surface area contributed by atoms with Crippen LogP contribution in [-0.2, 0) is 20.9 Å². The minimum Gasteiger partial charge on any atom is -0.445 e. The van der Waals surface area contributed by atoms with Crippen LogP contribution in [0.25, 0.3) is 11.0 Å². The van der Waals surface area contributed by atoms with Crippen molar-refractivity contribution < 1.29 is 28.3 Å². The molecule has 39 heavy (non-hydrogen) atoms. The van der Waals surface area contributed by atoms with Gasteiger partial charge in [-0.15, -0.1) is 0 Å². The number of ether oxygens (including phenoxy) is 2. The van der Waals surface area contributed by atoms with E-state index in [2.05, 4.69) is 16.0 Å². The zero-order valence-electron chi connectivity index (χ0n) is 22.7. The normalized spacial score (nSPS) is 11.9. The largest absolute Gasteiger partial charge is 0.445 e. The molecular weight excluding hydrogens is 502 g/mol. The van der Waals surface area contributed by atoms with Gasteiger partial charge in [-0.1, -0.05) is 30.3 Å². The summed E-state index contributed by atoms with van der Waals surface area (Å²) in [5, 5.41) is 8.84. The van der Waals surface area contributed by atoms with E-state index in [1.165, 1.54) is 6.07 Å². The van der Waals surface area contributed by atoms with E-state index in [0.29, 0.717) is 37.1 Å². The number of hydrogen-bond acceptors (Lipinski definition) is 7. The highest BCUT2D eigenvalue weighted by Gasteiger charge is 2.24. The van der Waals surface area contributed by atoms with E-state index in [4.69, 9.17) is 13.9 Å². The number of amides is 3. The highest BCUT2D eigenvalue weighted by atomic mass is 16.6. The number of carbonyl (C=O) groups excluding carboxylic acids is 3. The Morgan fingerprint density at radius 2 is 1.72 bits per heavy atom. The molecule has 2 aromatic carbocycles. The molecule has 0 bridgehead atoms. The summed E-state index contributed by atoms with van der Waals surface area (Å²) in [7, 11) is 0. The van der Waals surface area contributed by atoms with Crippen LogP contribution in [0.5, 0.6) is 0 Å². The minimum atomic E-state index is -0.898. The maximum atomic E-state index is 13.1. The van der Waals surface area contributed by atoms with Crippen molar-refractivity contribution in [2.24, 2.45) is 0 Å². The van der Waals surface area contributed by atoms with Crippen LogP contribution in [-0.4, -0.2) is 36.3 Å². The van der Waals surface area contributed by atoms with Gasteiger partial charge in [-0.3, -0.25) is 4.79 Å². The molecule has 0 unspecified atom stereocenters. The van der Waals surface area contributed by atoms with Crippen LogP contribution in [0.2, 0.25) is 0 Å². The first kappa shape index (κ1) is 29.2. The van der Waals surface area contributed by atoms with Crippen molar-refractivity contribution >= 4 is 34.8 Å². The number of unbranched alkanes of at least 4 members (excludes halogenated alkanes) is 1. The second-order valence-electron chi connectivity index (χ2n) is 10.1. The number of nitrogens with one attached hydrogen (secondary N) is 3. The van der Waals surface area contributed by atoms with Crippen LogP contribution in [0.15, 0.2) is 63.8 Å². The smallest absolute Gasteiger partial charge is 0.408 e. The average Bonchev–Trinajstić information content (AvgIpc) is 2.85. The number of rotatable bonds is 10. The van der Waals surface area contributed by atoms with Gasteiger partial charge in [-0.25, -0.2) is 14.4 Å². The predicted molar refractivity (Wildman–Crippen MR) is 147 cm³/mol. The topological polar surface area (TPSA) is 136 Å². The Balaban J connectivity index is 1.55. The lowest BCUT2D eigenvalue weighted by molar-refractivity contribution is -0.118. The number of hydrogen-bond donors (Lipinski definition) is 3. The zero-order valence-corrected chi connectivity index (χ0v) is 22.7. The van der Waals surface area contributed by atoms with Gasteiger partial charge in [0.25, 0.3) is 0 Å². The van der Waals surface area contributed by atoms with E-state index in [0.717, 1.165) is 16.5 Å². The molecule has 10 nitrogen and oxygen atoms in total. The first-order valence-electron chi connectivity index (χ1n) is 12.8. The molecule has 208 valence electrons. The molecule has 0 saturated carbocycles. The summed E-state index contributed by atoms with van der Waals surface area (Å²) in [6.07, 6.45) is 0.135. The number of alkyl carbamates (subject to hydrolysis) is 2. The molecule has 10 heteroatoms. The molecule has 0 aliphatic carbocycles. The molecule has 0 saturated heterocycles. The Morgan fingerprint density at radius 3 is 2.44 bits per heavy atom. The molecule has 3 N–H and O–H groups in total. The van der Waals surface area contributed by atoms with Gasteiger partial charge in [0.2, 0.25) is 5.91 Å².